The number of rotatable bonds is 6. The average Bonchev–Trinajstić information content (AvgIpc) is 2.57. The number of hydrogen-bond acceptors (Lipinski definition) is 1. The highest BCUT2D eigenvalue weighted by molar-refractivity contribution is 5.51. The number of benzene rings is 2. The normalized spacial score (nSPS) is 11.7. The first-order chi connectivity index (χ1) is 11.3. The summed E-state index contributed by atoms with van der Waals surface area (Å²) in [5.41, 5.74) is 2.50. The third-order valence-corrected chi connectivity index (χ3v) is 3.36. The van der Waals surface area contributed by atoms with Gasteiger partial charge in [0.2, 0.25) is 0 Å². The third-order valence-electron chi connectivity index (χ3n) is 3.36. The molecule has 0 aromatic heterocycles. The summed E-state index contributed by atoms with van der Waals surface area (Å²) in [5.74, 6) is 0. The quantitative estimate of drug-likeness (QED) is 0.806. The van der Waals surface area contributed by atoms with Gasteiger partial charge in [-0.2, -0.15) is 0 Å². The zero-order chi connectivity index (χ0) is 16.3. The highest BCUT2D eigenvalue weighted by atomic mass is 14.8. The van der Waals surface area contributed by atoms with E-state index in [1.807, 2.05) is 43.5 Å². The summed E-state index contributed by atoms with van der Waals surface area (Å²) in [5, 5.41) is 5.36. The van der Waals surface area contributed by atoms with Crippen LogP contribution in [-0.2, 0) is 6.54 Å². The summed E-state index contributed by atoms with van der Waals surface area (Å²) in [7, 11) is 1.96. The molecule has 1 nitrogen and oxygen atoms in total. The van der Waals surface area contributed by atoms with Crippen LogP contribution in [0.1, 0.15) is 11.1 Å². The highest BCUT2D eigenvalue weighted by Gasteiger charge is 1.89. The number of nitrogens with one attached hydrogen (secondary N) is 1. The molecule has 2 aromatic carbocycles. The van der Waals surface area contributed by atoms with Crippen LogP contribution in [-0.4, -0.2) is 7.05 Å². The Kier molecular flexibility index (Phi) is 6.83. The fraction of sp³-hybridized carbons (Fsp3) is 0.0909. The Labute approximate surface area is 138 Å². The molecule has 0 fully saturated rings. The maximum absolute atomic E-state index is 3.88. The average molecular weight is 301 g/mol. The number of hydrogen-bond donors (Lipinski definition) is 1. The molecule has 0 aliphatic heterocycles. The topological polar surface area (TPSA) is 12.0 Å². The maximum Gasteiger partial charge on any atom is 0.0202 e. The van der Waals surface area contributed by atoms with E-state index in [1.54, 1.807) is 0 Å². The minimum absolute atomic E-state index is 0.905. The second-order valence-corrected chi connectivity index (χ2v) is 5.31. The molecule has 0 saturated heterocycles. The van der Waals surface area contributed by atoms with E-state index in [9.17, 15) is 0 Å². The molecule has 116 valence electrons. The molecule has 0 amide bonds. The summed E-state index contributed by atoms with van der Waals surface area (Å²) in [6.07, 6.45) is 14.4. The molecule has 0 aliphatic carbocycles. The molecule has 2 aromatic rings. The minimum Gasteiger partial charge on any atom is -0.316 e. The molecule has 0 radical (unpaired) electrons. The Bertz CT molecular complexity index is 769. The van der Waals surface area contributed by atoms with Gasteiger partial charge >= 0.3 is 0 Å². The maximum atomic E-state index is 3.88. The molecule has 0 atom stereocenters. The molecule has 1 N–H and O–H groups in total. The van der Waals surface area contributed by atoms with Crippen LogP contribution in [0.4, 0.5) is 0 Å². The van der Waals surface area contributed by atoms with Crippen molar-refractivity contribution in [3.05, 3.63) is 100 Å². The predicted octanol–water partition coefficient (Wildman–Crippen LogP) is 3.42. The highest BCUT2D eigenvalue weighted by Crippen LogP contribution is 2.06. The largest absolute Gasteiger partial charge is 0.316 e. The van der Waals surface area contributed by atoms with Gasteiger partial charge in [-0.1, -0.05) is 97.6 Å². The van der Waals surface area contributed by atoms with Gasteiger partial charge in [0.05, 0.1) is 0 Å². The van der Waals surface area contributed by atoms with Gasteiger partial charge in [0.15, 0.2) is 0 Å². The third kappa shape index (κ3) is 6.33. The predicted molar refractivity (Wildman–Crippen MR) is 102 cm³/mol. The smallest absolute Gasteiger partial charge is 0.0202 e. The Morgan fingerprint density at radius 2 is 1.48 bits per heavy atom. The molecule has 0 saturated carbocycles. The fourth-order valence-electron chi connectivity index (χ4n) is 2.11. The zero-order valence-corrected chi connectivity index (χ0v) is 13.6. The van der Waals surface area contributed by atoms with E-state index in [4.69, 9.17) is 0 Å². The standard InChI is InChI=1S/C22H23N/c1-19-10-12-20(13-11-19)8-6-4-3-5-7-9-21-14-16-22(17-15-21)18-23-2/h3-17,23H,1,18H2,2H3/b5-3+,6-4+,9-7+. The van der Waals surface area contributed by atoms with Crippen molar-refractivity contribution in [1.29, 1.82) is 0 Å². The lowest BCUT2D eigenvalue weighted by molar-refractivity contribution is 0.818. The second-order valence-electron chi connectivity index (χ2n) is 5.31. The van der Waals surface area contributed by atoms with E-state index in [-0.39, 0.29) is 0 Å². The molecular weight excluding hydrogens is 278 g/mol. The van der Waals surface area contributed by atoms with E-state index in [1.165, 1.54) is 16.3 Å². The molecule has 2 rings (SSSR count). The van der Waals surface area contributed by atoms with Gasteiger partial charge in [0, 0.05) is 6.54 Å². The number of allylic oxidation sites excluding steroid dienone is 5. The molecule has 1 heteroatoms. The van der Waals surface area contributed by atoms with Gasteiger partial charge in [-0.25, -0.2) is 0 Å². The fourth-order valence-corrected chi connectivity index (χ4v) is 2.11. The first-order valence-electron chi connectivity index (χ1n) is 7.78. The van der Waals surface area contributed by atoms with E-state index in [0.717, 1.165) is 11.8 Å². The Balaban J connectivity index is 1.86. The van der Waals surface area contributed by atoms with E-state index in [0.29, 0.717) is 0 Å². The van der Waals surface area contributed by atoms with E-state index >= 15 is 0 Å². The zero-order valence-electron chi connectivity index (χ0n) is 13.6. The van der Waals surface area contributed by atoms with Crippen molar-refractivity contribution in [1.82, 2.24) is 5.32 Å². The van der Waals surface area contributed by atoms with Crippen LogP contribution in [0.3, 0.4) is 0 Å². The summed E-state index contributed by atoms with van der Waals surface area (Å²) in [4.78, 5) is 0. The van der Waals surface area contributed by atoms with Gasteiger partial charge in [-0.15, -0.1) is 0 Å². The van der Waals surface area contributed by atoms with E-state index < -0.39 is 0 Å². The monoisotopic (exact) mass is 301 g/mol. The van der Waals surface area contributed by atoms with Crippen LogP contribution >= 0.6 is 0 Å². The van der Waals surface area contributed by atoms with Crippen molar-refractivity contribution >= 4 is 18.7 Å². The lowest BCUT2D eigenvalue weighted by Gasteiger charge is -1.99. The van der Waals surface area contributed by atoms with Crippen LogP contribution in [0.25, 0.3) is 18.7 Å². The van der Waals surface area contributed by atoms with Crippen molar-refractivity contribution in [3.63, 3.8) is 0 Å². The van der Waals surface area contributed by atoms with Gasteiger partial charge in [-0.3, -0.25) is 0 Å². The minimum atomic E-state index is 0.905. The van der Waals surface area contributed by atoms with Crippen LogP contribution in [0.5, 0.6) is 0 Å². The van der Waals surface area contributed by atoms with Gasteiger partial charge in [0.25, 0.3) is 0 Å². The molecule has 0 aliphatic rings. The van der Waals surface area contributed by atoms with Gasteiger partial charge in [0.1, 0.15) is 0 Å². The summed E-state index contributed by atoms with van der Waals surface area (Å²) in [6.45, 7) is 4.78. The van der Waals surface area contributed by atoms with E-state index in [2.05, 4.69) is 66.5 Å². The summed E-state index contributed by atoms with van der Waals surface area (Å²) >= 11 is 0. The molecule has 0 spiro atoms. The van der Waals surface area contributed by atoms with Crippen LogP contribution in [0, 0.1) is 0 Å². The molecule has 0 unspecified atom stereocenters. The lowest BCUT2D eigenvalue weighted by Crippen LogP contribution is -2.04. The summed E-state index contributed by atoms with van der Waals surface area (Å²) in [6, 6.07) is 16.7. The molecular formula is C22H23N. The SMILES string of the molecule is C=c1ccc(=C/C=C/C=C/C=C/c2ccc(CNC)cc2)cc1. The first kappa shape index (κ1) is 16.7. The Morgan fingerprint density at radius 1 is 0.826 bits per heavy atom. The van der Waals surface area contributed by atoms with Crippen molar-refractivity contribution < 1.29 is 0 Å². The molecule has 0 heterocycles. The van der Waals surface area contributed by atoms with Crippen LogP contribution < -0.4 is 15.8 Å². The first-order valence-corrected chi connectivity index (χ1v) is 7.78. The second kappa shape index (κ2) is 9.39. The molecule has 0 bridgehead atoms. The molecule has 23 heavy (non-hydrogen) atoms. The van der Waals surface area contributed by atoms with Crippen molar-refractivity contribution in [2.45, 2.75) is 6.54 Å². The van der Waals surface area contributed by atoms with Crippen LogP contribution in [0.2, 0.25) is 0 Å². The van der Waals surface area contributed by atoms with Gasteiger partial charge in [-0.05, 0) is 28.6 Å². The van der Waals surface area contributed by atoms with Crippen molar-refractivity contribution in [2.24, 2.45) is 0 Å². The summed E-state index contributed by atoms with van der Waals surface area (Å²) < 4.78 is 0. The lowest BCUT2D eigenvalue weighted by atomic mass is 10.1. The van der Waals surface area contributed by atoms with Crippen molar-refractivity contribution in [2.75, 3.05) is 7.05 Å². The van der Waals surface area contributed by atoms with Gasteiger partial charge < -0.3 is 5.32 Å². The Hall–Kier alpha value is -2.64. The van der Waals surface area contributed by atoms with Crippen LogP contribution in [0.15, 0.2) is 78.9 Å². The Morgan fingerprint density at radius 3 is 2.17 bits per heavy atom. The van der Waals surface area contributed by atoms with Crippen molar-refractivity contribution in [3.8, 4) is 0 Å².